The van der Waals surface area contributed by atoms with Crippen molar-refractivity contribution in [1.82, 2.24) is 5.32 Å². The minimum absolute atomic E-state index is 0.179. The van der Waals surface area contributed by atoms with Crippen LogP contribution < -0.4 is 5.32 Å². The molecule has 1 aliphatic heterocycles. The van der Waals surface area contributed by atoms with Gasteiger partial charge in [-0.25, -0.2) is 0 Å². The van der Waals surface area contributed by atoms with E-state index in [-0.39, 0.29) is 12.5 Å². The van der Waals surface area contributed by atoms with Gasteiger partial charge in [-0.3, -0.25) is 4.79 Å². The monoisotopic (exact) mass is 1160 g/mol. The minimum Gasteiger partial charge on any atom is -0.394 e. The highest BCUT2D eigenvalue weighted by molar-refractivity contribution is 5.76. The number of allylic oxidation sites excluding steroid dienone is 5. The highest BCUT2D eigenvalue weighted by Crippen LogP contribution is 2.23. The largest absolute Gasteiger partial charge is 0.394 e. The summed E-state index contributed by atoms with van der Waals surface area (Å²) in [6.07, 6.45) is 77.0. The molecule has 7 atom stereocenters. The highest BCUT2D eigenvalue weighted by atomic mass is 16.7. The molecule has 0 aromatic carbocycles. The van der Waals surface area contributed by atoms with E-state index in [0.29, 0.717) is 6.42 Å². The van der Waals surface area contributed by atoms with Crippen molar-refractivity contribution in [1.29, 1.82) is 0 Å². The second kappa shape index (κ2) is 62.5. The standard InChI is InChI=1S/C73H139NO8/c1-3-5-7-9-11-13-15-17-19-21-23-25-27-29-31-32-33-34-35-36-37-39-41-43-45-47-49-51-53-55-57-59-61-63-69(77)74-66(65-81-73-72(80)71(79)70(78)68(64-75)82-73)67(76)62-60-58-56-54-52-50-48-46-44-42-40-38-30-28-26-24-22-20-18-16-14-12-10-8-6-4-2/h21,23,52,54,60,62,66-68,70-73,75-76,78-80H,3-20,22,24-51,53,55-59,61,63-65H2,1-2H3,(H,74,77)/b23-21-,54-52+,62-60+. The van der Waals surface area contributed by atoms with Crippen LogP contribution in [0.4, 0.5) is 0 Å². The Kier molecular flexibility index (Phi) is 59.7. The maximum atomic E-state index is 13.1. The molecule has 9 nitrogen and oxygen atoms in total. The molecule has 1 fully saturated rings. The second-order valence-corrected chi connectivity index (χ2v) is 25.4. The normalized spacial score (nSPS) is 18.5. The molecule has 82 heavy (non-hydrogen) atoms. The van der Waals surface area contributed by atoms with Crippen LogP contribution in [0.15, 0.2) is 36.5 Å². The van der Waals surface area contributed by atoms with E-state index in [2.05, 4.69) is 43.5 Å². The molecule has 7 unspecified atom stereocenters. The van der Waals surface area contributed by atoms with Crippen molar-refractivity contribution in [3.8, 4) is 0 Å². The number of rotatable bonds is 64. The summed E-state index contributed by atoms with van der Waals surface area (Å²) in [6, 6.07) is -0.822. The molecule has 0 bridgehead atoms. The van der Waals surface area contributed by atoms with E-state index < -0.39 is 49.5 Å². The lowest BCUT2D eigenvalue weighted by atomic mass is 9.99. The molecule has 0 aromatic rings. The summed E-state index contributed by atoms with van der Waals surface area (Å²) in [5.41, 5.74) is 0. The average Bonchev–Trinajstić information content (AvgIpc) is 3.57. The topological polar surface area (TPSA) is 149 Å². The van der Waals surface area contributed by atoms with Crippen molar-refractivity contribution in [2.45, 2.75) is 410 Å². The van der Waals surface area contributed by atoms with E-state index in [1.165, 1.54) is 308 Å². The molecule has 1 saturated heterocycles. The van der Waals surface area contributed by atoms with E-state index >= 15 is 0 Å². The summed E-state index contributed by atoms with van der Waals surface area (Å²) in [7, 11) is 0. The highest BCUT2D eigenvalue weighted by Gasteiger charge is 2.44. The summed E-state index contributed by atoms with van der Waals surface area (Å²) >= 11 is 0. The van der Waals surface area contributed by atoms with Crippen LogP contribution in [0.25, 0.3) is 0 Å². The number of hydrogen-bond donors (Lipinski definition) is 6. The van der Waals surface area contributed by atoms with Crippen LogP contribution in [0.2, 0.25) is 0 Å². The number of unbranched alkanes of at least 4 members (excludes halogenated alkanes) is 50. The first-order valence-corrected chi connectivity index (χ1v) is 36.2. The Morgan fingerprint density at radius 1 is 0.402 bits per heavy atom. The number of hydrogen-bond acceptors (Lipinski definition) is 8. The molecule has 0 aliphatic carbocycles. The van der Waals surface area contributed by atoms with Crippen molar-refractivity contribution in [2.24, 2.45) is 0 Å². The zero-order chi connectivity index (χ0) is 59.3. The van der Waals surface area contributed by atoms with Gasteiger partial charge in [-0.05, 0) is 57.8 Å². The lowest BCUT2D eigenvalue weighted by molar-refractivity contribution is -0.302. The predicted molar refractivity (Wildman–Crippen MR) is 350 cm³/mol. The third kappa shape index (κ3) is 50.6. The summed E-state index contributed by atoms with van der Waals surface area (Å²) in [4.78, 5) is 13.1. The number of nitrogens with one attached hydrogen (secondary N) is 1. The Bertz CT molecular complexity index is 1390. The van der Waals surface area contributed by atoms with Gasteiger partial charge in [-0.1, -0.05) is 339 Å². The van der Waals surface area contributed by atoms with Crippen LogP contribution in [0.1, 0.15) is 367 Å². The summed E-state index contributed by atoms with van der Waals surface area (Å²) < 4.78 is 11.3. The van der Waals surface area contributed by atoms with Gasteiger partial charge < -0.3 is 40.3 Å². The molecule has 9 heteroatoms. The van der Waals surface area contributed by atoms with Gasteiger partial charge in [0.25, 0.3) is 0 Å². The molecule has 484 valence electrons. The van der Waals surface area contributed by atoms with Gasteiger partial charge in [0.15, 0.2) is 6.29 Å². The quantitative estimate of drug-likeness (QED) is 0.0261. The van der Waals surface area contributed by atoms with Crippen LogP contribution in [0, 0.1) is 0 Å². The Labute approximate surface area is 508 Å². The number of amides is 1. The van der Waals surface area contributed by atoms with Crippen LogP contribution in [0.3, 0.4) is 0 Å². The van der Waals surface area contributed by atoms with E-state index in [1.807, 2.05) is 6.08 Å². The molecule has 0 spiro atoms. The van der Waals surface area contributed by atoms with Crippen molar-refractivity contribution in [3.63, 3.8) is 0 Å². The molecule has 1 aliphatic rings. The third-order valence-corrected chi connectivity index (χ3v) is 17.4. The molecular weight excluding hydrogens is 1020 g/mol. The molecule has 1 heterocycles. The third-order valence-electron chi connectivity index (χ3n) is 17.4. The van der Waals surface area contributed by atoms with E-state index in [0.717, 1.165) is 38.5 Å². The van der Waals surface area contributed by atoms with Gasteiger partial charge in [0.1, 0.15) is 24.4 Å². The van der Waals surface area contributed by atoms with Gasteiger partial charge >= 0.3 is 0 Å². The molecule has 1 rings (SSSR count). The number of aliphatic hydroxyl groups is 5. The van der Waals surface area contributed by atoms with Crippen molar-refractivity contribution in [2.75, 3.05) is 13.2 Å². The number of ether oxygens (including phenoxy) is 2. The first-order valence-electron chi connectivity index (χ1n) is 36.2. The first-order chi connectivity index (χ1) is 40.3. The smallest absolute Gasteiger partial charge is 0.220 e. The van der Waals surface area contributed by atoms with E-state index in [4.69, 9.17) is 9.47 Å². The SMILES string of the molecule is CCCCCCCCCC/C=C\CCCCCCCCCCCCCCCCCCCCCCCC(=O)NC(COC1OC(CO)C(O)C(O)C1O)C(O)/C=C/CC/C=C/CCCCCCCCCCCCCCCCCCCCCC. The number of aliphatic hydroxyl groups excluding tert-OH is 5. The minimum atomic E-state index is -1.57. The predicted octanol–water partition coefficient (Wildman–Crippen LogP) is 19.8. The molecule has 0 radical (unpaired) electrons. The zero-order valence-corrected chi connectivity index (χ0v) is 54.3. The Morgan fingerprint density at radius 2 is 0.695 bits per heavy atom. The molecular formula is C73H139NO8. The van der Waals surface area contributed by atoms with Crippen molar-refractivity contribution in [3.05, 3.63) is 36.5 Å². The zero-order valence-electron chi connectivity index (χ0n) is 54.3. The van der Waals surface area contributed by atoms with Crippen LogP contribution in [-0.4, -0.2) is 87.5 Å². The first kappa shape index (κ1) is 78.4. The fourth-order valence-corrected chi connectivity index (χ4v) is 11.8. The van der Waals surface area contributed by atoms with Crippen LogP contribution >= 0.6 is 0 Å². The second-order valence-electron chi connectivity index (χ2n) is 25.4. The van der Waals surface area contributed by atoms with Gasteiger partial charge in [0.2, 0.25) is 5.91 Å². The van der Waals surface area contributed by atoms with Crippen LogP contribution in [-0.2, 0) is 14.3 Å². The van der Waals surface area contributed by atoms with Gasteiger partial charge in [-0.2, -0.15) is 0 Å². The lowest BCUT2D eigenvalue weighted by Gasteiger charge is -2.40. The van der Waals surface area contributed by atoms with Crippen LogP contribution in [0.5, 0.6) is 0 Å². The molecule has 6 N–H and O–H groups in total. The summed E-state index contributed by atoms with van der Waals surface area (Å²) in [5, 5.41) is 54.8. The van der Waals surface area contributed by atoms with Gasteiger partial charge in [-0.15, -0.1) is 0 Å². The summed E-state index contributed by atoms with van der Waals surface area (Å²) in [5.74, 6) is -0.179. The van der Waals surface area contributed by atoms with Gasteiger partial charge in [0.05, 0.1) is 25.4 Å². The fourth-order valence-electron chi connectivity index (χ4n) is 11.8. The van der Waals surface area contributed by atoms with E-state index in [1.54, 1.807) is 6.08 Å². The van der Waals surface area contributed by atoms with Crippen molar-refractivity contribution >= 4 is 5.91 Å². The maximum absolute atomic E-state index is 13.1. The van der Waals surface area contributed by atoms with Crippen molar-refractivity contribution < 1.29 is 39.8 Å². The lowest BCUT2D eigenvalue weighted by Crippen LogP contribution is -2.60. The Balaban J connectivity index is 2.12. The number of carbonyl (C=O) groups excluding carboxylic acids is 1. The van der Waals surface area contributed by atoms with Gasteiger partial charge in [0, 0.05) is 6.42 Å². The fraction of sp³-hybridized carbons (Fsp3) is 0.904. The van der Waals surface area contributed by atoms with E-state index in [9.17, 15) is 30.3 Å². The molecule has 1 amide bonds. The molecule has 0 saturated carbocycles. The Morgan fingerprint density at radius 3 is 1.02 bits per heavy atom. The average molecular weight is 1160 g/mol. The maximum Gasteiger partial charge on any atom is 0.220 e. The Hall–Kier alpha value is -1.59. The number of carbonyl (C=O) groups is 1. The summed E-state index contributed by atoms with van der Waals surface area (Å²) in [6.45, 7) is 3.82. The molecule has 0 aromatic heterocycles.